The van der Waals surface area contributed by atoms with Gasteiger partial charge in [0.15, 0.2) is 0 Å². The summed E-state index contributed by atoms with van der Waals surface area (Å²) in [7, 11) is 3.51. The van der Waals surface area contributed by atoms with Gasteiger partial charge in [0.05, 0.1) is 5.41 Å². The summed E-state index contributed by atoms with van der Waals surface area (Å²) in [5.74, 6) is -0.690. The molecule has 2 amide bonds. The van der Waals surface area contributed by atoms with Crippen LogP contribution in [0.2, 0.25) is 0 Å². The molecule has 0 saturated carbocycles. The number of likely N-dealkylation sites (tertiary alicyclic amines) is 1. The first-order valence-corrected chi connectivity index (χ1v) is 11.1. The van der Waals surface area contributed by atoms with E-state index in [-0.39, 0.29) is 11.8 Å². The Morgan fingerprint density at radius 1 is 1.09 bits per heavy atom. The number of carbonyl (C=O) groups is 2. The molecule has 0 unspecified atom stereocenters. The molecule has 2 aromatic carbocycles. The number of halogens is 1. The van der Waals surface area contributed by atoms with Gasteiger partial charge in [0.2, 0.25) is 5.91 Å². The van der Waals surface area contributed by atoms with Crippen molar-refractivity contribution >= 4 is 11.8 Å². The smallest absolute Gasteiger partial charge is 0.253 e. The second-order valence-electron chi connectivity index (χ2n) is 8.90. The highest BCUT2D eigenvalue weighted by atomic mass is 19.1. The van der Waals surface area contributed by atoms with Crippen molar-refractivity contribution in [2.24, 2.45) is 5.41 Å². The maximum Gasteiger partial charge on any atom is 0.253 e. The molecule has 0 bridgehead atoms. The lowest BCUT2D eigenvalue weighted by Crippen LogP contribution is -2.54. The summed E-state index contributed by atoms with van der Waals surface area (Å²) < 4.78 is 13.7. The van der Waals surface area contributed by atoms with Gasteiger partial charge < -0.3 is 9.80 Å². The Morgan fingerprint density at radius 2 is 1.91 bits per heavy atom. The van der Waals surface area contributed by atoms with Gasteiger partial charge in [0.25, 0.3) is 5.91 Å². The van der Waals surface area contributed by atoms with Crippen LogP contribution in [0.5, 0.6) is 0 Å². The van der Waals surface area contributed by atoms with E-state index in [2.05, 4.69) is 4.98 Å². The zero-order chi connectivity index (χ0) is 23.4. The zero-order valence-corrected chi connectivity index (χ0v) is 19.0. The van der Waals surface area contributed by atoms with E-state index in [4.69, 9.17) is 0 Å². The maximum absolute atomic E-state index is 13.7. The van der Waals surface area contributed by atoms with E-state index >= 15 is 0 Å². The number of benzene rings is 2. The number of rotatable bonds is 5. The molecule has 1 atom stereocenters. The highest BCUT2D eigenvalue weighted by Gasteiger charge is 2.44. The lowest BCUT2D eigenvalue weighted by atomic mass is 9.72. The second kappa shape index (κ2) is 9.53. The predicted molar refractivity (Wildman–Crippen MR) is 126 cm³/mol. The Kier molecular flexibility index (Phi) is 6.54. The number of hydrogen-bond donors (Lipinski definition) is 0. The minimum Gasteiger partial charge on any atom is -0.348 e. The molecule has 2 heterocycles. The van der Waals surface area contributed by atoms with E-state index in [9.17, 15) is 14.0 Å². The Labute approximate surface area is 193 Å². The quantitative estimate of drug-likeness (QED) is 0.583. The minimum atomic E-state index is -0.761. The van der Waals surface area contributed by atoms with Crippen LogP contribution in [-0.4, -0.2) is 53.8 Å². The first kappa shape index (κ1) is 22.6. The number of piperidine rings is 1. The van der Waals surface area contributed by atoms with Crippen molar-refractivity contribution in [3.8, 4) is 11.1 Å². The molecule has 1 aliphatic heterocycles. The highest BCUT2D eigenvalue weighted by molar-refractivity contribution is 5.95. The van der Waals surface area contributed by atoms with Crippen molar-refractivity contribution in [3.63, 3.8) is 0 Å². The van der Waals surface area contributed by atoms with Crippen LogP contribution in [0, 0.1) is 11.2 Å². The summed E-state index contributed by atoms with van der Waals surface area (Å²) in [5, 5.41) is 0. The van der Waals surface area contributed by atoms with Crippen LogP contribution in [0.3, 0.4) is 0 Å². The van der Waals surface area contributed by atoms with Gasteiger partial charge in [-0.15, -0.1) is 0 Å². The topological polar surface area (TPSA) is 53.5 Å². The SMILES string of the molecule is CN(C)C(=O)[C@@]1(Cc2ccccc2-c2cccnc2)CCCN(C(=O)c2cccc(F)c2)C1. The van der Waals surface area contributed by atoms with E-state index in [1.165, 1.54) is 18.2 Å². The van der Waals surface area contributed by atoms with Crippen LogP contribution in [-0.2, 0) is 11.2 Å². The molecule has 0 aliphatic carbocycles. The van der Waals surface area contributed by atoms with Gasteiger partial charge in [-0.3, -0.25) is 14.6 Å². The van der Waals surface area contributed by atoms with Crippen molar-refractivity contribution in [2.45, 2.75) is 19.3 Å². The summed E-state index contributed by atoms with van der Waals surface area (Å²) in [6.07, 6.45) is 5.44. The molecule has 3 aromatic rings. The van der Waals surface area contributed by atoms with Crippen molar-refractivity contribution < 1.29 is 14.0 Å². The van der Waals surface area contributed by atoms with Gasteiger partial charge in [-0.1, -0.05) is 36.4 Å². The van der Waals surface area contributed by atoms with Gasteiger partial charge >= 0.3 is 0 Å². The maximum atomic E-state index is 13.7. The number of nitrogens with zero attached hydrogens (tertiary/aromatic N) is 3. The van der Waals surface area contributed by atoms with Gasteiger partial charge in [-0.25, -0.2) is 4.39 Å². The second-order valence-corrected chi connectivity index (χ2v) is 8.90. The average molecular weight is 446 g/mol. The van der Waals surface area contributed by atoms with Crippen LogP contribution >= 0.6 is 0 Å². The minimum absolute atomic E-state index is 0.000215. The van der Waals surface area contributed by atoms with Gasteiger partial charge in [-0.05, 0) is 54.7 Å². The number of amides is 2. The summed E-state index contributed by atoms with van der Waals surface area (Å²) in [4.78, 5) is 34.3. The van der Waals surface area contributed by atoms with E-state index in [1.807, 2.05) is 42.6 Å². The van der Waals surface area contributed by atoms with Crippen LogP contribution in [0.4, 0.5) is 4.39 Å². The molecular formula is C27H28FN3O2. The molecular weight excluding hydrogens is 417 g/mol. The molecule has 0 spiro atoms. The predicted octanol–water partition coefficient (Wildman–Crippen LogP) is 4.44. The molecule has 1 saturated heterocycles. The summed E-state index contributed by atoms with van der Waals surface area (Å²) in [6.45, 7) is 0.836. The molecule has 0 N–H and O–H groups in total. The molecule has 1 aromatic heterocycles. The molecule has 0 radical (unpaired) electrons. The third kappa shape index (κ3) is 4.80. The fourth-order valence-electron chi connectivity index (χ4n) is 4.82. The van der Waals surface area contributed by atoms with Crippen LogP contribution in [0.25, 0.3) is 11.1 Å². The number of hydrogen-bond acceptors (Lipinski definition) is 3. The molecule has 1 fully saturated rings. The largest absolute Gasteiger partial charge is 0.348 e. The molecule has 4 rings (SSSR count). The van der Waals surface area contributed by atoms with Gasteiger partial charge in [-0.2, -0.15) is 0 Å². The lowest BCUT2D eigenvalue weighted by Gasteiger charge is -2.43. The van der Waals surface area contributed by atoms with Gasteiger partial charge in [0.1, 0.15) is 5.82 Å². The van der Waals surface area contributed by atoms with Crippen molar-refractivity contribution in [2.75, 3.05) is 27.2 Å². The van der Waals surface area contributed by atoms with Crippen molar-refractivity contribution in [1.29, 1.82) is 0 Å². The lowest BCUT2D eigenvalue weighted by molar-refractivity contribution is -0.142. The van der Waals surface area contributed by atoms with Crippen molar-refractivity contribution in [3.05, 3.63) is 90.0 Å². The standard InChI is InChI=1S/C27H28FN3O2/c1-30(2)26(33)27(17-21-8-3-4-12-24(21)22-10-6-14-29-18-22)13-7-15-31(19-27)25(32)20-9-5-11-23(28)16-20/h3-6,8-12,14,16,18H,7,13,15,17,19H2,1-2H3/t27-/m1/s1. The van der Waals surface area contributed by atoms with Crippen LogP contribution in [0.1, 0.15) is 28.8 Å². The highest BCUT2D eigenvalue weighted by Crippen LogP contribution is 2.38. The monoisotopic (exact) mass is 445 g/mol. The number of carbonyl (C=O) groups excluding carboxylic acids is 2. The summed E-state index contributed by atoms with van der Waals surface area (Å²) in [6, 6.07) is 17.7. The van der Waals surface area contributed by atoms with E-state index in [0.29, 0.717) is 37.9 Å². The number of pyridine rings is 1. The Hall–Kier alpha value is -3.54. The zero-order valence-electron chi connectivity index (χ0n) is 19.0. The van der Waals surface area contributed by atoms with E-state index in [1.54, 1.807) is 36.2 Å². The molecule has 6 heteroatoms. The fourth-order valence-corrected chi connectivity index (χ4v) is 4.82. The first-order chi connectivity index (χ1) is 15.9. The van der Waals surface area contributed by atoms with E-state index < -0.39 is 11.2 Å². The van der Waals surface area contributed by atoms with Crippen molar-refractivity contribution in [1.82, 2.24) is 14.8 Å². The molecule has 170 valence electrons. The molecule has 5 nitrogen and oxygen atoms in total. The van der Waals surface area contributed by atoms with Gasteiger partial charge in [0, 0.05) is 50.7 Å². The fraction of sp³-hybridized carbons (Fsp3) is 0.296. The third-order valence-electron chi connectivity index (χ3n) is 6.31. The Bertz CT molecular complexity index is 1150. The van der Waals surface area contributed by atoms with Crippen LogP contribution in [0.15, 0.2) is 73.1 Å². The normalized spacial score (nSPS) is 18.1. The first-order valence-electron chi connectivity index (χ1n) is 11.1. The Morgan fingerprint density at radius 3 is 2.64 bits per heavy atom. The van der Waals surface area contributed by atoms with E-state index in [0.717, 1.165) is 16.7 Å². The molecule has 1 aliphatic rings. The summed E-state index contributed by atoms with van der Waals surface area (Å²) >= 11 is 0. The third-order valence-corrected chi connectivity index (χ3v) is 6.31. The molecule has 33 heavy (non-hydrogen) atoms. The Balaban J connectivity index is 1.70. The van der Waals surface area contributed by atoms with Crippen LogP contribution < -0.4 is 0 Å². The average Bonchev–Trinajstić information content (AvgIpc) is 2.84. The summed E-state index contributed by atoms with van der Waals surface area (Å²) in [5.41, 5.74) is 2.61. The number of aromatic nitrogens is 1.